The van der Waals surface area contributed by atoms with E-state index in [9.17, 15) is 10.1 Å². The molecule has 0 saturated heterocycles. The number of aryl methyl sites for hydroxylation is 3. The molecule has 3 aromatic rings. The second kappa shape index (κ2) is 14.0. The first-order chi connectivity index (χ1) is 15.3. The second-order valence-electron chi connectivity index (χ2n) is 8.35. The molecular formula is C22H40N8O3. The minimum atomic E-state index is -0.400. The van der Waals surface area contributed by atoms with Gasteiger partial charge in [0.25, 0.3) is 0 Å². The van der Waals surface area contributed by atoms with Crippen LogP contribution in [0.5, 0.6) is 0 Å². The standard InChI is InChI=1S/C7H11N3O2.C7H13N3.C7H12N2.CH4O/c1-5(2)7-6(10(11)12)4-9(3)8-7;1-5(2)7-6(8)4-10(3)9-7;1-6(2)7-4-5-9(3)8-7;1-2/h4-5H,1-3H3;4-5H,8H2,1-3H3;4-6H,1-3H3;2H,1H3. The van der Waals surface area contributed by atoms with Crippen molar-refractivity contribution in [3.05, 3.63) is 51.9 Å². The van der Waals surface area contributed by atoms with E-state index in [1.165, 1.54) is 10.9 Å². The molecule has 11 heteroatoms. The van der Waals surface area contributed by atoms with Gasteiger partial charge in [0, 0.05) is 46.6 Å². The Balaban J connectivity index is 0.000000452. The van der Waals surface area contributed by atoms with Gasteiger partial charge >= 0.3 is 5.69 Å². The van der Waals surface area contributed by atoms with Crippen molar-refractivity contribution in [1.29, 1.82) is 0 Å². The van der Waals surface area contributed by atoms with Gasteiger partial charge < -0.3 is 10.8 Å². The predicted octanol–water partition coefficient (Wildman–Crippen LogP) is 3.73. The highest BCUT2D eigenvalue weighted by atomic mass is 16.6. The monoisotopic (exact) mass is 464 g/mol. The summed E-state index contributed by atoms with van der Waals surface area (Å²) in [6.45, 7) is 12.2. The number of aliphatic hydroxyl groups excluding tert-OH is 1. The molecule has 33 heavy (non-hydrogen) atoms. The third-order valence-corrected chi connectivity index (χ3v) is 4.34. The summed E-state index contributed by atoms with van der Waals surface area (Å²) in [5.74, 6) is 1.05. The summed E-state index contributed by atoms with van der Waals surface area (Å²) in [6.07, 6.45) is 5.22. The van der Waals surface area contributed by atoms with Crippen LogP contribution in [0.1, 0.15) is 76.4 Å². The summed E-state index contributed by atoms with van der Waals surface area (Å²) in [5, 5.41) is 29.9. The Hall–Kier alpha value is -3.21. The molecule has 0 atom stereocenters. The van der Waals surface area contributed by atoms with E-state index in [0.717, 1.165) is 24.2 Å². The van der Waals surface area contributed by atoms with Crippen LogP contribution in [0.25, 0.3) is 0 Å². The number of aliphatic hydroxyl groups is 1. The Kier molecular flexibility index (Phi) is 12.7. The van der Waals surface area contributed by atoms with Crippen molar-refractivity contribution in [2.45, 2.75) is 59.3 Å². The van der Waals surface area contributed by atoms with Crippen LogP contribution in [-0.2, 0) is 21.1 Å². The van der Waals surface area contributed by atoms with Crippen LogP contribution in [0.2, 0.25) is 0 Å². The number of hydrogen-bond acceptors (Lipinski definition) is 7. The van der Waals surface area contributed by atoms with Gasteiger partial charge in [-0.3, -0.25) is 24.2 Å². The van der Waals surface area contributed by atoms with Crippen LogP contribution in [0, 0.1) is 10.1 Å². The van der Waals surface area contributed by atoms with Crippen molar-refractivity contribution >= 4 is 11.4 Å². The zero-order valence-electron chi connectivity index (χ0n) is 21.5. The number of nitrogens with two attached hydrogens (primary N) is 1. The number of nitro groups is 1. The fourth-order valence-corrected chi connectivity index (χ4v) is 2.76. The highest BCUT2D eigenvalue weighted by molar-refractivity contribution is 5.42. The lowest BCUT2D eigenvalue weighted by atomic mass is 10.1. The lowest BCUT2D eigenvalue weighted by Crippen LogP contribution is -1.95. The molecule has 3 rings (SSSR count). The summed E-state index contributed by atoms with van der Waals surface area (Å²) >= 11 is 0. The highest BCUT2D eigenvalue weighted by Gasteiger charge is 2.20. The van der Waals surface area contributed by atoms with Gasteiger partial charge in [-0.05, 0) is 17.9 Å². The Labute approximate surface area is 196 Å². The molecule has 0 aliphatic rings. The molecule has 11 nitrogen and oxygen atoms in total. The molecule has 0 saturated carbocycles. The number of nitrogen functional groups attached to an aromatic ring is 1. The summed E-state index contributed by atoms with van der Waals surface area (Å²) < 4.78 is 5.04. The normalized spacial score (nSPS) is 10.2. The molecule has 0 bridgehead atoms. The Morgan fingerprint density at radius 1 is 0.848 bits per heavy atom. The van der Waals surface area contributed by atoms with Crippen LogP contribution in [-0.4, -0.2) is 46.5 Å². The van der Waals surface area contributed by atoms with E-state index in [1.54, 1.807) is 11.7 Å². The van der Waals surface area contributed by atoms with Gasteiger partial charge in [0.05, 0.1) is 22.0 Å². The minimum Gasteiger partial charge on any atom is -0.400 e. The molecule has 0 fully saturated rings. The predicted molar refractivity (Wildman–Crippen MR) is 131 cm³/mol. The number of nitrogens with zero attached hydrogens (tertiary/aromatic N) is 7. The van der Waals surface area contributed by atoms with E-state index in [0.29, 0.717) is 17.5 Å². The maximum atomic E-state index is 10.5. The lowest BCUT2D eigenvalue weighted by Gasteiger charge is -1.98. The van der Waals surface area contributed by atoms with Crippen molar-refractivity contribution < 1.29 is 10.0 Å². The van der Waals surface area contributed by atoms with E-state index in [2.05, 4.69) is 43.0 Å². The van der Waals surface area contributed by atoms with Crippen molar-refractivity contribution in [2.24, 2.45) is 21.1 Å². The molecule has 0 unspecified atom stereocenters. The number of aromatic nitrogens is 6. The molecule has 0 aliphatic heterocycles. The average molecular weight is 465 g/mol. The second-order valence-corrected chi connectivity index (χ2v) is 8.35. The first-order valence-corrected chi connectivity index (χ1v) is 10.7. The van der Waals surface area contributed by atoms with Crippen LogP contribution >= 0.6 is 0 Å². The zero-order valence-corrected chi connectivity index (χ0v) is 21.5. The van der Waals surface area contributed by atoms with Crippen LogP contribution in [0.4, 0.5) is 11.4 Å². The Morgan fingerprint density at radius 2 is 1.33 bits per heavy atom. The Bertz CT molecular complexity index is 970. The van der Waals surface area contributed by atoms with Crippen LogP contribution in [0.3, 0.4) is 0 Å². The largest absolute Gasteiger partial charge is 0.400 e. The van der Waals surface area contributed by atoms with Gasteiger partial charge in [0.15, 0.2) is 0 Å². The van der Waals surface area contributed by atoms with Gasteiger partial charge in [-0.15, -0.1) is 0 Å². The third kappa shape index (κ3) is 9.85. The quantitative estimate of drug-likeness (QED) is 0.442. The van der Waals surface area contributed by atoms with Gasteiger partial charge in [-0.25, -0.2) is 0 Å². The topological polar surface area (TPSA) is 143 Å². The first kappa shape index (κ1) is 29.8. The van der Waals surface area contributed by atoms with Crippen LogP contribution in [0.15, 0.2) is 24.7 Å². The van der Waals surface area contributed by atoms with E-state index < -0.39 is 4.92 Å². The van der Waals surface area contributed by atoms with Crippen LogP contribution < -0.4 is 5.73 Å². The summed E-state index contributed by atoms with van der Waals surface area (Å²) in [5.41, 5.74) is 9.25. The summed E-state index contributed by atoms with van der Waals surface area (Å²) in [7, 11) is 6.49. The molecule has 0 aliphatic carbocycles. The van der Waals surface area contributed by atoms with Gasteiger partial charge in [-0.1, -0.05) is 41.5 Å². The smallest absolute Gasteiger partial charge is 0.310 e. The van der Waals surface area contributed by atoms with Crippen molar-refractivity contribution in [2.75, 3.05) is 12.8 Å². The first-order valence-electron chi connectivity index (χ1n) is 10.7. The van der Waals surface area contributed by atoms with Gasteiger partial charge in [0.2, 0.25) is 0 Å². The average Bonchev–Trinajstić information content (AvgIpc) is 3.42. The summed E-state index contributed by atoms with van der Waals surface area (Å²) in [6, 6.07) is 2.05. The molecule has 0 spiro atoms. The molecule has 3 N–H and O–H groups in total. The van der Waals surface area contributed by atoms with E-state index in [4.69, 9.17) is 10.8 Å². The maximum Gasteiger partial charge on any atom is 0.310 e. The van der Waals surface area contributed by atoms with E-state index in [1.807, 2.05) is 51.1 Å². The molecule has 186 valence electrons. The maximum absolute atomic E-state index is 10.5. The minimum absolute atomic E-state index is 0.0894. The van der Waals surface area contributed by atoms with Gasteiger partial charge in [0.1, 0.15) is 11.9 Å². The molecular weight excluding hydrogens is 424 g/mol. The zero-order chi connectivity index (χ0) is 25.9. The van der Waals surface area contributed by atoms with Crippen molar-refractivity contribution in [3.63, 3.8) is 0 Å². The molecule has 3 heterocycles. The molecule has 0 radical (unpaired) electrons. The summed E-state index contributed by atoms with van der Waals surface area (Å²) in [4.78, 5) is 10.1. The molecule has 0 amide bonds. The Morgan fingerprint density at radius 3 is 1.58 bits per heavy atom. The fraction of sp³-hybridized carbons (Fsp3) is 0.591. The third-order valence-electron chi connectivity index (χ3n) is 4.34. The van der Waals surface area contributed by atoms with E-state index >= 15 is 0 Å². The highest BCUT2D eigenvalue weighted by Crippen LogP contribution is 2.23. The van der Waals surface area contributed by atoms with Crippen molar-refractivity contribution in [1.82, 2.24) is 29.3 Å². The SMILES string of the molecule is CC(C)c1ccn(C)n1.CC(C)c1nn(C)cc1N.CC(C)c1nn(C)cc1[N+](=O)[O-].CO. The number of rotatable bonds is 4. The van der Waals surface area contributed by atoms with Crippen molar-refractivity contribution in [3.8, 4) is 0 Å². The molecule has 3 aromatic heterocycles. The fourth-order valence-electron chi connectivity index (χ4n) is 2.76. The van der Waals surface area contributed by atoms with E-state index in [-0.39, 0.29) is 11.6 Å². The lowest BCUT2D eigenvalue weighted by molar-refractivity contribution is -0.385. The van der Waals surface area contributed by atoms with Gasteiger partial charge in [-0.2, -0.15) is 15.3 Å². The molecule has 0 aromatic carbocycles. The number of hydrogen-bond donors (Lipinski definition) is 2. The number of anilines is 1.